The number of carbonyl (C=O) groups excluding carboxylic acids is 1. The van der Waals surface area contributed by atoms with E-state index in [0.717, 1.165) is 5.39 Å². The Morgan fingerprint density at radius 2 is 1.70 bits per heavy atom. The van der Waals surface area contributed by atoms with E-state index in [4.69, 9.17) is 24.7 Å². The average Bonchev–Trinajstić information content (AvgIpc) is 3.27. The van der Waals surface area contributed by atoms with E-state index in [9.17, 15) is 18.0 Å². The summed E-state index contributed by atoms with van der Waals surface area (Å²) in [6.45, 7) is 4.23. The number of amides is 1. The van der Waals surface area contributed by atoms with Gasteiger partial charge in [-0.2, -0.15) is 23.1 Å². The molecule has 0 aliphatic carbocycles. The van der Waals surface area contributed by atoms with Crippen LogP contribution in [0.25, 0.3) is 32.8 Å². The summed E-state index contributed by atoms with van der Waals surface area (Å²) >= 11 is 0. The van der Waals surface area contributed by atoms with E-state index >= 15 is 4.39 Å². The van der Waals surface area contributed by atoms with Crippen LogP contribution in [-0.4, -0.2) is 78.4 Å². The van der Waals surface area contributed by atoms with Crippen LogP contribution in [0.15, 0.2) is 42.5 Å². The number of aromatic nitrogens is 2. The molecule has 2 N–H and O–H groups in total. The number of benzene rings is 3. The smallest absolute Gasteiger partial charge is 0.422 e. The van der Waals surface area contributed by atoms with E-state index in [0.29, 0.717) is 29.5 Å². The van der Waals surface area contributed by atoms with Gasteiger partial charge in [0.1, 0.15) is 22.7 Å². The van der Waals surface area contributed by atoms with Crippen LogP contribution >= 0.6 is 0 Å². The fourth-order valence-corrected chi connectivity index (χ4v) is 6.33. The molecule has 4 aromatic rings. The van der Waals surface area contributed by atoms with Crippen LogP contribution in [0.5, 0.6) is 11.8 Å². The monoisotopic (exact) mass is 657 g/mol. The number of anilines is 2. The third kappa shape index (κ3) is 6.64. The SMILES string of the molecule is COCOc1cc(-c2c(N)cc3c(N4C[C@H]5CC[C@@H](C4)N5C(=O)OC(C)(C)C)nc(OCC(F)(F)F)nc3c2F)c2ccccc2c1. The van der Waals surface area contributed by atoms with Crippen LogP contribution in [0.2, 0.25) is 0 Å². The van der Waals surface area contributed by atoms with Crippen LogP contribution in [0, 0.1) is 5.82 Å². The van der Waals surface area contributed by atoms with Crippen molar-refractivity contribution >= 4 is 39.3 Å². The summed E-state index contributed by atoms with van der Waals surface area (Å²) in [6.07, 6.45) is -3.73. The van der Waals surface area contributed by atoms with E-state index < -0.39 is 36.3 Å². The third-order valence-corrected chi connectivity index (χ3v) is 8.12. The standard InChI is InChI=1S/C33H35F4N5O5/c1-32(2,3)47-31(43)42-19-9-10-20(42)15-41(14-19)29-24-13-25(38)26(27(34)28(24)39-30(40-29)45-16-33(35,36)37)23-12-21(46-17-44-4)11-18-7-5-6-8-22(18)23/h5-8,11-13,19-20H,9-10,14-17,38H2,1-4H3/t19-,20+. The maximum Gasteiger partial charge on any atom is 0.422 e. The first-order valence-electron chi connectivity index (χ1n) is 15.1. The Kier molecular flexibility index (Phi) is 8.41. The molecule has 6 rings (SSSR count). The van der Waals surface area contributed by atoms with Crippen molar-refractivity contribution in [1.82, 2.24) is 14.9 Å². The number of hydrogen-bond acceptors (Lipinski definition) is 9. The van der Waals surface area contributed by atoms with Gasteiger partial charge in [0.15, 0.2) is 19.2 Å². The maximum atomic E-state index is 16.8. The minimum atomic E-state index is -4.68. The molecule has 10 nitrogen and oxygen atoms in total. The lowest BCUT2D eigenvalue weighted by Gasteiger charge is -2.42. The Hall–Kier alpha value is -4.59. The highest BCUT2D eigenvalue weighted by molar-refractivity contribution is 6.05. The van der Waals surface area contributed by atoms with Gasteiger partial charge in [-0.15, -0.1) is 0 Å². The summed E-state index contributed by atoms with van der Waals surface area (Å²) in [7, 11) is 1.47. The van der Waals surface area contributed by atoms with E-state index in [1.165, 1.54) is 13.2 Å². The van der Waals surface area contributed by atoms with Gasteiger partial charge < -0.3 is 29.6 Å². The van der Waals surface area contributed by atoms with Crippen LogP contribution in [0.1, 0.15) is 33.6 Å². The van der Waals surface area contributed by atoms with Crippen molar-refractivity contribution in [1.29, 1.82) is 0 Å². The number of nitrogen functional groups attached to an aromatic ring is 1. The van der Waals surface area contributed by atoms with Gasteiger partial charge in [0.25, 0.3) is 0 Å². The third-order valence-electron chi connectivity index (χ3n) is 8.12. The number of nitrogens with two attached hydrogens (primary N) is 1. The van der Waals surface area contributed by atoms with Crippen molar-refractivity contribution in [2.75, 3.05) is 44.2 Å². The number of methoxy groups -OCH3 is 1. The summed E-state index contributed by atoms with van der Waals surface area (Å²) in [5, 5.41) is 1.61. The van der Waals surface area contributed by atoms with Crippen molar-refractivity contribution in [3.63, 3.8) is 0 Å². The average molecular weight is 658 g/mol. The molecule has 1 aromatic heterocycles. The van der Waals surface area contributed by atoms with E-state index in [2.05, 4.69) is 9.97 Å². The van der Waals surface area contributed by atoms with Crippen molar-refractivity contribution in [3.05, 3.63) is 48.3 Å². The lowest BCUT2D eigenvalue weighted by molar-refractivity contribution is -0.154. The van der Waals surface area contributed by atoms with Gasteiger partial charge >= 0.3 is 18.3 Å². The number of nitrogens with zero attached hydrogens (tertiary/aromatic N) is 4. The summed E-state index contributed by atoms with van der Waals surface area (Å²) in [5.74, 6) is -0.299. The summed E-state index contributed by atoms with van der Waals surface area (Å²) in [5.41, 5.74) is 6.08. The van der Waals surface area contributed by atoms with Gasteiger partial charge in [-0.3, -0.25) is 4.90 Å². The predicted octanol–water partition coefficient (Wildman–Crippen LogP) is 6.68. The molecule has 3 heterocycles. The summed E-state index contributed by atoms with van der Waals surface area (Å²) < 4.78 is 77.7. The second kappa shape index (κ2) is 12.2. The van der Waals surface area contributed by atoms with Gasteiger partial charge in [-0.1, -0.05) is 24.3 Å². The van der Waals surface area contributed by atoms with E-state index in [-0.39, 0.29) is 59.9 Å². The minimum absolute atomic E-state index is 0.00203. The number of halogens is 4. The minimum Gasteiger partial charge on any atom is -0.468 e. The molecule has 14 heteroatoms. The maximum absolute atomic E-state index is 16.8. The topological polar surface area (TPSA) is 112 Å². The van der Waals surface area contributed by atoms with Crippen molar-refractivity contribution in [3.8, 4) is 22.9 Å². The molecular weight excluding hydrogens is 622 g/mol. The fraction of sp³-hybridized carbons (Fsp3) is 0.424. The van der Waals surface area contributed by atoms with Crippen molar-refractivity contribution in [2.45, 2.75) is 57.5 Å². The van der Waals surface area contributed by atoms with Crippen molar-refractivity contribution in [2.24, 2.45) is 0 Å². The molecule has 0 unspecified atom stereocenters. The molecule has 2 atom stereocenters. The lowest BCUT2D eigenvalue weighted by atomic mass is 9.95. The molecule has 3 aromatic carbocycles. The van der Waals surface area contributed by atoms with Crippen LogP contribution in [0.3, 0.4) is 0 Å². The Morgan fingerprint density at radius 3 is 2.36 bits per heavy atom. The molecule has 47 heavy (non-hydrogen) atoms. The second-order valence-corrected chi connectivity index (χ2v) is 12.7. The molecule has 2 aliphatic rings. The zero-order valence-electron chi connectivity index (χ0n) is 26.4. The Labute approximate surface area is 268 Å². The van der Waals surface area contributed by atoms with Gasteiger partial charge in [0.05, 0.1) is 12.1 Å². The molecule has 1 amide bonds. The van der Waals surface area contributed by atoms with E-state index in [1.807, 2.05) is 17.0 Å². The largest absolute Gasteiger partial charge is 0.468 e. The number of fused-ring (bicyclic) bond motifs is 4. The lowest BCUT2D eigenvalue weighted by Crippen LogP contribution is -2.57. The Bertz CT molecular complexity index is 1820. The quantitative estimate of drug-likeness (QED) is 0.132. The number of rotatable bonds is 7. The first kappa shape index (κ1) is 32.4. The molecule has 0 spiro atoms. The Balaban J connectivity index is 1.47. The second-order valence-electron chi connectivity index (χ2n) is 12.7. The molecule has 0 radical (unpaired) electrons. The first-order chi connectivity index (χ1) is 22.2. The predicted molar refractivity (Wildman–Crippen MR) is 168 cm³/mol. The van der Waals surface area contributed by atoms with Crippen molar-refractivity contribution < 1.29 is 41.3 Å². The zero-order chi connectivity index (χ0) is 33.7. The normalized spacial score (nSPS) is 18.2. The highest BCUT2D eigenvalue weighted by Crippen LogP contribution is 2.43. The van der Waals surface area contributed by atoms with Crippen LogP contribution in [0.4, 0.5) is 33.9 Å². The van der Waals surface area contributed by atoms with E-state index in [1.54, 1.807) is 49.9 Å². The molecule has 2 aliphatic heterocycles. The molecular formula is C33H35F4N5O5. The Morgan fingerprint density at radius 1 is 1.00 bits per heavy atom. The summed E-state index contributed by atoms with van der Waals surface area (Å²) in [6, 6.07) is 11.0. The molecule has 2 bridgehead atoms. The van der Waals surface area contributed by atoms with Gasteiger partial charge in [-0.05, 0) is 68.1 Å². The fourth-order valence-electron chi connectivity index (χ4n) is 6.33. The molecule has 2 saturated heterocycles. The summed E-state index contributed by atoms with van der Waals surface area (Å²) in [4.78, 5) is 25.0. The number of ether oxygens (including phenoxy) is 4. The number of carbonyl (C=O) groups is 1. The van der Waals surface area contributed by atoms with Gasteiger partial charge in [0.2, 0.25) is 0 Å². The van der Waals surface area contributed by atoms with Gasteiger partial charge in [0, 0.05) is 36.8 Å². The number of hydrogen-bond donors (Lipinski definition) is 1. The molecule has 250 valence electrons. The van der Waals surface area contributed by atoms with Gasteiger partial charge in [-0.25, -0.2) is 9.18 Å². The first-order valence-corrected chi connectivity index (χ1v) is 15.1. The number of piperazine rings is 1. The zero-order valence-corrected chi connectivity index (χ0v) is 26.4. The van der Waals surface area contributed by atoms with Crippen LogP contribution in [-0.2, 0) is 9.47 Å². The highest BCUT2D eigenvalue weighted by atomic mass is 19.4. The molecule has 0 saturated carbocycles. The number of alkyl halides is 3. The highest BCUT2D eigenvalue weighted by Gasteiger charge is 2.45. The van der Waals surface area contributed by atoms with Crippen LogP contribution < -0.4 is 20.1 Å². The molecule has 2 fully saturated rings.